The quantitative estimate of drug-likeness (QED) is 0.862. The van der Waals surface area contributed by atoms with Crippen molar-refractivity contribution in [2.24, 2.45) is 5.73 Å². The van der Waals surface area contributed by atoms with Crippen molar-refractivity contribution in [3.05, 3.63) is 50.7 Å². The molecule has 27 heavy (non-hydrogen) atoms. The molecule has 0 bridgehead atoms. The van der Waals surface area contributed by atoms with Gasteiger partial charge >= 0.3 is 0 Å². The lowest BCUT2D eigenvalue weighted by atomic mass is 9.74. The van der Waals surface area contributed by atoms with Gasteiger partial charge in [0, 0.05) is 35.5 Å². The molecule has 0 unspecified atom stereocenters. The van der Waals surface area contributed by atoms with Gasteiger partial charge in [0.15, 0.2) is 0 Å². The van der Waals surface area contributed by atoms with Gasteiger partial charge in [-0.05, 0) is 61.8 Å². The summed E-state index contributed by atoms with van der Waals surface area (Å²) in [6.07, 6.45) is 6.73. The van der Waals surface area contributed by atoms with Crippen molar-refractivity contribution in [1.82, 2.24) is 4.90 Å². The summed E-state index contributed by atoms with van der Waals surface area (Å²) in [5, 5.41) is 0. The SMILES string of the molecule is NCc1ccc2c(c1)C1(CCN(C(=O)c3cc4c(s3)CCCC4)CC1)CO2. The second-order valence-electron chi connectivity index (χ2n) is 8.16. The van der Waals surface area contributed by atoms with E-state index >= 15 is 0 Å². The van der Waals surface area contributed by atoms with Crippen LogP contribution in [0.2, 0.25) is 0 Å². The van der Waals surface area contributed by atoms with Crippen LogP contribution in [0.1, 0.15) is 56.9 Å². The van der Waals surface area contributed by atoms with E-state index in [4.69, 9.17) is 10.5 Å². The second kappa shape index (κ2) is 6.64. The molecule has 2 aromatic rings. The maximum Gasteiger partial charge on any atom is 0.263 e. The Balaban J connectivity index is 1.32. The maximum absolute atomic E-state index is 13.1. The molecule has 1 aliphatic carbocycles. The van der Waals surface area contributed by atoms with Crippen molar-refractivity contribution >= 4 is 17.2 Å². The normalized spacial score (nSPS) is 20.3. The van der Waals surface area contributed by atoms with Crippen LogP contribution in [-0.2, 0) is 24.8 Å². The van der Waals surface area contributed by atoms with Crippen molar-refractivity contribution in [2.75, 3.05) is 19.7 Å². The lowest BCUT2D eigenvalue weighted by molar-refractivity contribution is 0.0651. The third-order valence-electron chi connectivity index (χ3n) is 6.57. The van der Waals surface area contributed by atoms with Gasteiger partial charge in [-0.3, -0.25) is 4.79 Å². The predicted octanol–water partition coefficient (Wildman–Crippen LogP) is 3.65. The Bertz CT molecular complexity index is 857. The number of rotatable bonds is 2. The van der Waals surface area contributed by atoms with E-state index in [1.54, 1.807) is 11.3 Å². The van der Waals surface area contributed by atoms with Gasteiger partial charge in [-0.25, -0.2) is 0 Å². The summed E-state index contributed by atoms with van der Waals surface area (Å²) in [7, 11) is 0. The minimum Gasteiger partial charge on any atom is -0.492 e. The molecule has 2 N–H and O–H groups in total. The summed E-state index contributed by atoms with van der Waals surface area (Å²) in [6.45, 7) is 2.89. The number of nitrogens with zero attached hydrogens (tertiary/aromatic N) is 1. The molecule has 1 fully saturated rings. The molecule has 4 nitrogen and oxygen atoms in total. The van der Waals surface area contributed by atoms with Crippen molar-refractivity contribution in [3.8, 4) is 5.75 Å². The highest BCUT2D eigenvalue weighted by Gasteiger charge is 2.44. The van der Waals surface area contributed by atoms with E-state index in [2.05, 4.69) is 24.3 Å². The molecule has 3 aliphatic rings. The van der Waals surface area contributed by atoms with Crippen molar-refractivity contribution in [2.45, 2.75) is 50.5 Å². The van der Waals surface area contributed by atoms with Gasteiger partial charge in [0.1, 0.15) is 5.75 Å². The van der Waals surface area contributed by atoms with E-state index in [9.17, 15) is 4.79 Å². The van der Waals surface area contributed by atoms with Crippen LogP contribution in [0.3, 0.4) is 0 Å². The standard InChI is InChI=1S/C22H26N2O2S/c23-13-15-5-6-18-17(11-15)22(14-26-18)7-9-24(10-8-22)21(25)20-12-16-3-1-2-4-19(16)27-20/h5-6,11-12H,1-4,7-10,13-14,23H2. The number of piperidine rings is 1. The molecule has 0 atom stereocenters. The fourth-order valence-corrected chi connectivity index (χ4v) is 6.06. The summed E-state index contributed by atoms with van der Waals surface area (Å²) >= 11 is 1.72. The minimum atomic E-state index is 0.0476. The van der Waals surface area contributed by atoms with Gasteiger partial charge in [0.2, 0.25) is 0 Å². The Morgan fingerprint density at radius 3 is 2.78 bits per heavy atom. The Morgan fingerprint density at radius 2 is 2.00 bits per heavy atom. The number of ether oxygens (including phenoxy) is 1. The van der Waals surface area contributed by atoms with Crippen LogP contribution in [0.5, 0.6) is 5.75 Å². The monoisotopic (exact) mass is 382 g/mol. The summed E-state index contributed by atoms with van der Waals surface area (Å²) in [5.41, 5.74) is 9.75. The molecule has 1 spiro atoms. The molecule has 142 valence electrons. The lowest BCUT2D eigenvalue weighted by Gasteiger charge is -2.38. The van der Waals surface area contributed by atoms with E-state index in [1.807, 2.05) is 4.90 Å². The molecule has 3 heterocycles. The number of aryl methyl sites for hydroxylation is 2. The number of carbonyl (C=O) groups excluding carboxylic acids is 1. The van der Waals surface area contributed by atoms with Crippen LogP contribution in [-0.4, -0.2) is 30.5 Å². The average Bonchev–Trinajstić information content (AvgIpc) is 3.30. The topological polar surface area (TPSA) is 55.6 Å². The number of carbonyl (C=O) groups is 1. The molecule has 1 amide bonds. The summed E-state index contributed by atoms with van der Waals surface area (Å²) < 4.78 is 5.98. The highest BCUT2D eigenvalue weighted by molar-refractivity contribution is 7.14. The van der Waals surface area contributed by atoms with Gasteiger partial charge in [0.05, 0.1) is 11.5 Å². The fourth-order valence-electron chi connectivity index (χ4n) is 4.84. The number of fused-ring (bicyclic) bond motifs is 3. The van der Waals surface area contributed by atoms with E-state index in [0.29, 0.717) is 6.54 Å². The molecule has 1 aromatic heterocycles. The van der Waals surface area contributed by atoms with Gasteiger partial charge < -0.3 is 15.4 Å². The van der Waals surface area contributed by atoms with Gasteiger partial charge in [-0.2, -0.15) is 0 Å². The Hall–Kier alpha value is -1.85. The Morgan fingerprint density at radius 1 is 1.19 bits per heavy atom. The molecule has 0 radical (unpaired) electrons. The van der Waals surface area contributed by atoms with Crippen molar-refractivity contribution in [3.63, 3.8) is 0 Å². The lowest BCUT2D eigenvalue weighted by Crippen LogP contribution is -2.45. The summed E-state index contributed by atoms with van der Waals surface area (Å²) in [5.74, 6) is 1.22. The third kappa shape index (κ3) is 2.88. The first kappa shape index (κ1) is 17.3. The number of hydrogen-bond acceptors (Lipinski definition) is 4. The largest absolute Gasteiger partial charge is 0.492 e. The Labute approximate surface area is 164 Å². The molecule has 0 saturated carbocycles. The Kier molecular flexibility index (Phi) is 4.25. The first-order valence-corrected chi connectivity index (χ1v) is 10.9. The molecular weight excluding hydrogens is 356 g/mol. The molecule has 1 aromatic carbocycles. The van der Waals surface area contributed by atoms with Gasteiger partial charge in [0.25, 0.3) is 5.91 Å². The number of nitrogens with two attached hydrogens (primary N) is 1. The second-order valence-corrected chi connectivity index (χ2v) is 9.30. The maximum atomic E-state index is 13.1. The number of thiophene rings is 1. The average molecular weight is 383 g/mol. The highest BCUT2D eigenvalue weighted by atomic mass is 32.1. The van der Waals surface area contributed by atoms with Crippen LogP contribution in [0.15, 0.2) is 24.3 Å². The zero-order valence-corrected chi connectivity index (χ0v) is 16.4. The number of hydrogen-bond donors (Lipinski definition) is 1. The predicted molar refractivity (Wildman–Crippen MR) is 108 cm³/mol. The first-order valence-electron chi connectivity index (χ1n) is 10.1. The first-order chi connectivity index (χ1) is 13.2. The van der Waals surface area contributed by atoms with Crippen LogP contribution in [0.4, 0.5) is 0 Å². The molecule has 1 saturated heterocycles. The van der Waals surface area contributed by atoms with Crippen LogP contribution < -0.4 is 10.5 Å². The van der Waals surface area contributed by atoms with E-state index in [0.717, 1.165) is 61.6 Å². The molecule has 5 rings (SSSR count). The number of amides is 1. The fraction of sp³-hybridized carbons (Fsp3) is 0.500. The van der Waals surface area contributed by atoms with E-state index in [-0.39, 0.29) is 11.3 Å². The minimum absolute atomic E-state index is 0.0476. The van der Waals surface area contributed by atoms with Gasteiger partial charge in [-0.15, -0.1) is 11.3 Å². The number of benzene rings is 1. The van der Waals surface area contributed by atoms with Crippen LogP contribution >= 0.6 is 11.3 Å². The molecular formula is C22H26N2O2S. The highest BCUT2D eigenvalue weighted by Crippen LogP contribution is 2.46. The molecule has 5 heteroatoms. The van der Waals surface area contributed by atoms with Crippen molar-refractivity contribution in [1.29, 1.82) is 0 Å². The van der Waals surface area contributed by atoms with E-state index in [1.165, 1.54) is 28.8 Å². The van der Waals surface area contributed by atoms with Crippen LogP contribution in [0.25, 0.3) is 0 Å². The number of likely N-dealkylation sites (tertiary alicyclic amines) is 1. The summed E-state index contributed by atoms with van der Waals surface area (Å²) in [6, 6.07) is 8.48. The third-order valence-corrected chi connectivity index (χ3v) is 7.80. The van der Waals surface area contributed by atoms with E-state index < -0.39 is 0 Å². The smallest absolute Gasteiger partial charge is 0.263 e. The van der Waals surface area contributed by atoms with Crippen LogP contribution in [0, 0.1) is 0 Å². The zero-order valence-electron chi connectivity index (χ0n) is 15.6. The zero-order chi connectivity index (χ0) is 18.4. The van der Waals surface area contributed by atoms with Gasteiger partial charge in [-0.1, -0.05) is 12.1 Å². The molecule has 2 aliphatic heterocycles. The summed E-state index contributed by atoms with van der Waals surface area (Å²) in [4.78, 5) is 17.5. The van der Waals surface area contributed by atoms with Crippen molar-refractivity contribution < 1.29 is 9.53 Å².